The largest absolute Gasteiger partial charge is 0.375 e. The van der Waals surface area contributed by atoms with Gasteiger partial charge in [-0.05, 0) is 42.8 Å². The lowest BCUT2D eigenvalue weighted by Crippen LogP contribution is -2.26. The third kappa shape index (κ3) is 6.30. The molecule has 0 saturated carbocycles. The first-order valence-electron chi connectivity index (χ1n) is 5.05. The molecule has 1 N–H and O–H groups in total. The topological polar surface area (TPSA) is 21.3 Å². The van der Waals surface area contributed by atoms with Crippen LogP contribution in [0.25, 0.3) is 0 Å². The van der Waals surface area contributed by atoms with Crippen LogP contribution < -0.4 is 5.32 Å². The third-order valence-electron chi connectivity index (χ3n) is 1.73. The molecule has 1 rings (SSSR count). The van der Waals surface area contributed by atoms with Gasteiger partial charge < -0.3 is 10.1 Å². The zero-order valence-corrected chi connectivity index (χ0v) is 11.9. The Bertz CT molecular complexity index is 293. The fraction of sp³-hybridized carbons (Fsp3) is 0.636. The highest BCUT2D eigenvalue weighted by Crippen LogP contribution is 2.19. The molecule has 2 nitrogen and oxygen atoms in total. The standard InChI is InChI=1S/C11H18BrNOS/c1-11(2,3)14-5-4-13-7-10-6-9(12)8-15-10/h6,8,13H,4-5,7H2,1-3H3. The second-order valence-corrected chi connectivity index (χ2v) is 6.28. The lowest BCUT2D eigenvalue weighted by molar-refractivity contribution is -0.000868. The predicted octanol–water partition coefficient (Wildman–Crippen LogP) is 3.42. The van der Waals surface area contributed by atoms with Gasteiger partial charge in [-0.25, -0.2) is 0 Å². The minimum Gasteiger partial charge on any atom is -0.375 e. The van der Waals surface area contributed by atoms with Gasteiger partial charge in [0.2, 0.25) is 0 Å². The zero-order chi connectivity index (χ0) is 11.3. The predicted molar refractivity (Wildman–Crippen MR) is 69.4 cm³/mol. The Kier molecular flexibility index (Phi) is 5.26. The first-order valence-corrected chi connectivity index (χ1v) is 6.72. The average molecular weight is 292 g/mol. The monoisotopic (exact) mass is 291 g/mol. The molecular weight excluding hydrogens is 274 g/mol. The van der Waals surface area contributed by atoms with E-state index < -0.39 is 0 Å². The molecule has 0 amide bonds. The fourth-order valence-electron chi connectivity index (χ4n) is 1.09. The van der Waals surface area contributed by atoms with E-state index in [0.717, 1.165) is 24.2 Å². The number of ether oxygens (including phenoxy) is 1. The van der Waals surface area contributed by atoms with Crippen molar-refractivity contribution in [2.45, 2.75) is 32.9 Å². The van der Waals surface area contributed by atoms with E-state index in [1.54, 1.807) is 11.3 Å². The summed E-state index contributed by atoms with van der Waals surface area (Å²) in [5.74, 6) is 0. The van der Waals surface area contributed by atoms with E-state index in [0.29, 0.717) is 0 Å². The van der Waals surface area contributed by atoms with Gasteiger partial charge in [-0.1, -0.05) is 0 Å². The molecule has 0 bridgehead atoms. The molecule has 1 heterocycles. The van der Waals surface area contributed by atoms with E-state index >= 15 is 0 Å². The molecule has 0 fully saturated rings. The maximum atomic E-state index is 5.60. The minimum atomic E-state index is -0.0341. The van der Waals surface area contributed by atoms with Gasteiger partial charge in [0.1, 0.15) is 0 Å². The lowest BCUT2D eigenvalue weighted by atomic mass is 10.2. The Morgan fingerprint density at radius 3 is 2.73 bits per heavy atom. The van der Waals surface area contributed by atoms with Crippen LogP contribution in [0.5, 0.6) is 0 Å². The summed E-state index contributed by atoms with van der Waals surface area (Å²) in [6, 6.07) is 2.14. The van der Waals surface area contributed by atoms with Gasteiger partial charge in [0.05, 0.1) is 12.2 Å². The first kappa shape index (κ1) is 13.2. The van der Waals surface area contributed by atoms with E-state index in [2.05, 4.69) is 53.5 Å². The minimum absolute atomic E-state index is 0.0341. The highest BCUT2D eigenvalue weighted by atomic mass is 79.9. The Morgan fingerprint density at radius 2 is 2.20 bits per heavy atom. The van der Waals surface area contributed by atoms with E-state index in [4.69, 9.17) is 4.74 Å². The van der Waals surface area contributed by atoms with Crippen molar-refractivity contribution in [3.05, 3.63) is 20.8 Å². The van der Waals surface area contributed by atoms with Gasteiger partial charge in [-0.3, -0.25) is 0 Å². The van der Waals surface area contributed by atoms with Gasteiger partial charge in [0, 0.05) is 27.8 Å². The smallest absolute Gasteiger partial charge is 0.0599 e. The summed E-state index contributed by atoms with van der Waals surface area (Å²) in [4.78, 5) is 1.35. The van der Waals surface area contributed by atoms with Crippen molar-refractivity contribution in [1.29, 1.82) is 0 Å². The van der Waals surface area contributed by atoms with Crippen molar-refractivity contribution in [2.75, 3.05) is 13.2 Å². The molecule has 0 aliphatic carbocycles. The van der Waals surface area contributed by atoms with E-state index in [1.807, 2.05) is 0 Å². The number of rotatable bonds is 5. The van der Waals surface area contributed by atoms with Crippen LogP contribution >= 0.6 is 27.3 Å². The number of nitrogens with one attached hydrogen (secondary N) is 1. The highest BCUT2D eigenvalue weighted by Gasteiger charge is 2.08. The van der Waals surface area contributed by atoms with Crippen LogP contribution in [0, 0.1) is 0 Å². The summed E-state index contributed by atoms with van der Waals surface area (Å²) < 4.78 is 6.77. The van der Waals surface area contributed by atoms with Gasteiger partial charge >= 0.3 is 0 Å². The zero-order valence-electron chi connectivity index (χ0n) is 9.47. The van der Waals surface area contributed by atoms with Crippen molar-refractivity contribution in [3.8, 4) is 0 Å². The maximum absolute atomic E-state index is 5.60. The van der Waals surface area contributed by atoms with Crippen LogP contribution in [-0.4, -0.2) is 18.8 Å². The number of thiophene rings is 1. The summed E-state index contributed by atoms with van der Waals surface area (Å²) >= 11 is 5.20. The molecule has 0 saturated heterocycles. The van der Waals surface area contributed by atoms with Gasteiger partial charge in [0.25, 0.3) is 0 Å². The Hall–Kier alpha value is 0.1000. The van der Waals surface area contributed by atoms with Crippen LogP contribution in [0.4, 0.5) is 0 Å². The van der Waals surface area contributed by atoms with E-state index in [9.17, 15) is 0 Å². The van der Waals surface area contributed by atoms with Crippen LogP contribution in [-0.2, 0) is 11.3 Å². The number of hydrogen-bond donors (Lipinski definition) is 1. The first-order chi connectivity index (χ1) is 6.97. The molecule has 0 radical (unpaired) electrons. The third-order valence-corrected chi connectivity index (χ3v) is 3.43. The van der Waals surface area contributed by atoms with Crippen molar-refractivity contribution < 1.29 is 4.74 Å². The second kappa shape index (κ2) is 5.99. The van der Waals surface area contributed by atoms with Gasteiger partial charge in [-0.2, -0.15) is 0 Å². The van der Waals surface area contributed by atoms with Crippen molar-refractivity contribution in [3.63, 3.8) is 0 Å². The highest BCUT2D eigenvalue weighted by molar-refractivity contribution is 9.10. The molecule has 1 aromatic rings. The SMILES string of the molecule is CC(C)(C)OCCNCc1cc(Br)cs1. The Balaban J connectivity index is 2.07. The van der Waals surface area contributed by atoms with Gasteiger partial charge in [0.15, 0.2) is 0 Å². The van der Waals surface area contributed by atoms with Crippen molar-refractivity contribution in [1.82, 2.24) is 5.32 Å². The van der Waals surface area contributed by atoms with E-state index in [-0.39, 0.29) is 5.60 Å². The van der Waals surface area contributed by atoms with Crippen LogP contribution in [0.3, 0.4) is 0 Å². The quantitative estimate of drug-likeness (QED) is 0.840. The molecule has 0 spiro atoms. The normalized spacial score (nSPS) is 12.0. The summed E-state index contributed by atoms with van der Waals surface area (Å²) in [6.07, 6.45) is 0. The summed E-state index contributed by atoms with van der Waals surface area (Å²) in [7, 11) is 0. The Morgan fingerprint density at radius 1 is 1.47 bits per heavy atom. The molecule has 0 aliphatic rings. The number of hydrogen-bond acceptors (Lipinski definition) is 3. The van der Waals surface area contributed by atoms with E-state index in [1.165, 1.54) is 4.88 Å². The summed E-state index contributed by atoms with van der Waals surface area (Å²) in [5, 5.41) is 5.45. The molecule has 0 aliphatic heterocycles. The molecule has 0 aromatic carbocycles. The molecule has 86 valence electrons. The lowest BCUT2D eigenvalue weighted by Gasteiger charge is -2.19. The molecule has 0 unspecified atom stereocenters. The van der Waals surface area contributed by atoms with Crippen LogP contribution in [0.2, 0.25) is 0 Å². The van der Waals surface area contributed by atoms with Crippen molar-refractivity contribution >= 4 is 27.3 Å². The molecule has 0 atom stereocenters. The second-order valence-electron chi connectivity index (χ2n) is 4.37. The molecule has 15 heavy (non-hydrogen) atoms. The molecule has 4 heteroatoms. The van der Waals surface area contributed by atoms with Crippen molar-refractivity contribution in [2.24, 2.45) is 0 Å². The summed E-state index contributed by atoms with van der Waals surface area (Å²) in [5.41, 5.74) is -0.0341. The average Bonchev–Trinajstić information content (AvgIpc) is 2.49. The van der Waals surface area contributed by atoms with Gasteiger partial charge in [-0.15, -0.1) is 11.3 Å². The molecule has 1 aromatic heterocycles. The number of halogens is 1. The molecular formula is C11H18BrNOS. The fourth-order valence-corrected chi connectivity index (χ4v) is 2.51. The van der Waals surface area contributed by atoms with Crippen LogP contribution in [0.15, 0.2) is 15.9 Å². The maximum Gasteiger partial charge on any atom is 0.0599 e. The van der Waals surface area contributed by atoms with Crippen LogP contribution in [0.1, 0.15) is 25.6 Å². The Labute approximate surface area is 104 Å². The summed E-state index contributed by atoms with van der Waals surface area (Å²) in [6.45, 7) is 8.79.